The van der Waals surface area contributed by atoms with Gasteiger partial charge in [-0.2, -0.15) is 0 Å². The molecular weight excluding hydrogens is 156 g/mol. The van der Waals surface area contributed by atoms with Crippen LogP contribution in [-0.2, 0) is 9.53 Å². The molecule has 0 saturated carbocycles. The summed E-state index contributed by atoms with van der Waals surface area (Å²) in [6, 6.07) is 0. The molecule has 0 aromatic heterocycles. The van der Waals surface area contributed by atoms with Crippen molar-refractivity contribution in [2.24, 2.45) is 5.92 Å². The summed E-state index contributed by atoms with van der Waals surface area (Å²) < 4.78 is 4.76. The molecule has 0 heterocycles. The lowest BCUT2D eigenvalue weighted by molar-refractivity contribution is -0.145. The molecule has 0 rings (SSSR count). The van der Waals surface area contributed by atoms with Gasteiger partial charge in [0.25, 0.3) is 0 Å². The Bertz CT molecular complexity index is 134. The van der Waals surface area contributed by atoms with Crippen molar-refractivity contribution in [1.82, 2.24) is 0 Å². The van der Waals surface area contributed by atoms with Crippen molar-refractivity contribution in [2.45, 2.75) is 39.7 Å². The second-order valence-electron chi connectivity index (χ2n) is 2.96. The quantitative estimate of drug-likeness (QED) is 0.640. The molecule has 3 heteroatoms. The lowest BCUT2D eigenvalue weighted by Gasteiger charge is -2.15. The maximum Gasteiger partial charge on any atom is 0.306 e. The highest BCUT2D eigenvalue weighted by atomic mass is 16.5. The van der Waals surface area contributed by atoms with Gasteiger partial charge in [-0.3, -0.25) is 4.79 Å². The van der Waals surface area contributed by atoms with Gasteiger partial charge in [0.2, 0.25) is 0 Å². The maximum absolute atomic E-state index is 10.9. The van der Waals surface area contributed by atoms with Crippen LogP contribution in [0.25, 0.3) is 0 Å². The summed E-state index contributed by atoms with van der Waals surface area (Å²) in [5.41, 5.74) is 0. The fraction of sp³-hybridized carbons (Fsp3) is 0.889. The predicted octanol–water partition coefficient (Wildman–Crippen LogP) is 1.35. The molecule has 0 fully saturated rings. The summed E-state index contributed by atoms with van der Waals surface area (Å²) >= 11 is 0. The molecule has 2 unspecified atom stereocenters. The van der Waals surface area contributed by atoms with Gasteiger partial charge in [-0.15, -0.1) is 0 Å². The Morgan fingerprint density at radius 1 is 1.50 bits per heavy atom. The van der Waals surface area contributed by atoms with Gasteiger partial charge in [0.1, 0.15) is 0 Å². The smallest absolute Gasteiger partial charge is 0.306 e. The van der Waals surface area contributed by atoms with Crippen LogP contribution >= 0.6 is 0 Å². The van der Waals surface area contributed by atoms with Crippen LogP contribution in [0.1, 0.15) is 33.6 Å². The fourth-order valence-corrected chi connectivity index (χ4v) is 1.02. The molecule has 0 aromatic rings. The first-order valence-electron chi connectivity index (χ1n) is 4.45. The summed E-state index contributed by atoms with van der Waals surface area (Å²) in [4.78, 5) is 10.9. The standard InChI is InChI=1S/C9H18O3/c1-4-8(10)7(3)6-9(11)12-5-2/h7-8,10H,4-6H2,1-3H3. The van der Waals surface area contributed by atoms with Gasteiger partial charge in [0.05, 0.1) is 19.1 Å². The number of aliphatic hydroxyl groups excluding tert-OH is 1. The first kappa shape index (κ1) is 11.4. The molecule has 12 heavy (non-hydrogen) atoms. The Morgan fingerprint density at radius 2 is 2.08 bits per heavy atom. The molecule has 0 saturated heterocycles. The van der Waals surface area contributed by atoms with Crippen molar-refractivity contribution in [3.05, 3.63) is 0 Å². The minimum atomic E-state index is -0.394. The van der Waals surface area contributed by atoms with E-state index in [9.17, 15) is 9.90 Å². The second-order valence-corrected chi connectivity index (χ2v) is 2.96. The molecule has 0 aliphatic heterocycles. The molecule has 0 aliphatic rings. The van der Waals surface area contributed by atoms with Crippen LogP contribution in [0.3, 0.4) is 0 Å². The first-order chi connectivity index (χ1) is 5.61. The summed E-state index contributed by atoms with van der Waals surface area (Å²) in [6.45, 7) is 5.93. The zero-order chi connectivity index (χ0) is 9.56. The molecule has 1 N–H and O–H groups in total. The SMILES string of the molecule is CCOC(=O)CC(C)C(O)CC. The van der Waals surface area contributed by atoms with Crippen LogP contribution in [0, 0.1) is 5.92 Å². The summed E-state index contributed by atoms with van der Waals surface area (Å²) in [6.07, 6.45) is 0.595. The number of esters is 1. The van der Waals surface area contributed by atoms with Gasteiger partial charge in [-0.1, -0.05) is 13.8 Å². The van der Waals surface area contributed by atoms with E-state index in [-0.39, 0.29) is 11.9 Å². The van der Waals surface area contributed by atoms with Crippen LogP contribution < -0.4 is 0 Å². The number of carbonyl (C=O) groups excluding carboxylic acids is 1. The highest BCUT2D eigenvalue weighted by Crippen LogP contribution is 2.11. The average molecular weight is 174 g/mol. The number of hydrogen-bond donors (Lipinski definition) is 1. The number of hydrogen-bond acceptors (Lipinski definition) is 3. The average Bonchev–Trinajstić information content (AvgIpc) is 2.03. The third kappa shape index (κ3) is 4.34. The highest BCUT2D eigenvalue weighted by Gasteiger charge is 2.16. The van der Waals surface area contributed by atoms with Gasteiger partial charge in [0.15, 0.2) is 0 Å². The predicted molar refractivity (Wildman–Crippen MR) is 46.7 cm³/mol. The molecule has 0 spiro atoms. The topological polar surface area (TPSA) is 46.5 Å². The first-order valence-corrected chi connectivity index (χ1v) is 4.45. The normalized spacial score (nSPS) is 15.3. The summed E-state index contributed by atoms with van der Waals surface area (Å²) in [5, 5.41) is 9.34. The molecule has 0 aliphatic carbocycles. The summed E-state index contributed by atoms with van der Waals surface area (Å²) in [7, 11) is 0. The van der Waals surface area contributed by atoms with E-state index in [0.29, 0.717) is 19.4 Å². The van der Waals surface area contributed by atoms with E-state index in [1.54, 1.807) is 6.92 Å². The second kappa shape index (κ2) is 6.00. The molecule has 0 amide bonds. The Labute approximate surface area is 73.7 Å². The number of ether oxygens (including phenoxy) is 1. The fourth-order valence-electron chi connectivity index (χ4n) is 1.02. The van der Waals surface area contributed by atoms with Crippen LogP contribution in [-0.4, -0.2) is 23.8 Å². The van der Waals surface area contributed by atoms with E-state index in [2.05, 4.69) is 0 Å². The van der Waals surface area contributed by atoms with E-state index >= 15 is 0 Å². The van der Waals surface area contributed by atoms with E-state index in [0.717, 1.165) is 0 Å². The summed E-state index contributed by atoms with van der Waals surface area (Å²) in [5.74, 6) is -0.230. The maximum atomic E-state index is 10.9. The third-order valence-electron chi connectivity index (χ3n) is 1.87. The van der Waals surface area contributed by atoms with Crippen LogP contribution in [0.5, 0.6) is 0 Å². The molecule has 0 radical (unpaired) electrons. The number of aliphatic hydroxyl groups is 1. The lowest BCUT2D eigenvalue weighted by atomic mass is 9.99. The van der Waals surface area contributed by atoms with E-state index in [1.165, 1.54) is 0 Å². The third-order valence-corrected chi connectivity index (χ3v) is 1.87. The molecule has 72 valence electrons. The van der Waals surface area contributed by atoms with Crippen molar-refractivity contribution in [1.29, 1.82) is 0 Å². The zero-order valence-corrected chi connectivity index (χ0v) is 8.04. The van der Waals surface area contributed by atoms with Gasteiger partial charge < -0.3 is 9.84 Å². The van der Waals surface area contributed by atoms with Crippen molar-refractivity contribution in [3.63, 3.8) is 0 Å². The Balaban J connectivity index is 3.67. The van der Waals surface area contributed by atoms with Gasteiger partial charge in [-0.25, -0.2) is 0 Å². The van der Waals surface area contributed by atoms with Gasteiger partial charge >= 0.3 is 5.97 Å². The zero-order valence-electron chi connectivity index (χ0n) is 8.04. The van der Waals surface area contributed by atoms with Crippen LogP contribution in [0.4, 0.5) is 0 Å². The van der Waals surface area contributed by atoms with Crippen molar-refractivity contribution in [3.8, 4) is 0 Å². The minimum Gasteiger partial charge on any atom is -0.466 e. The van der Waals surface area contributed by atoms with E-state index < -0.39 is 6.10 Å². The number of rotatable bonds is 5. The Hall–Kier alpha value is -0.570. The molecule has 3 nitrogen and oxygen atoms in total. The molecular formula is C9H18O3. The van der Waals surface area contributed by atoms with Crippen LogP contribution in [0.15, 0.2) is 0 Å². The number of carbonyl (C=O) groups is 1. The van der Waals surface area contributed by atoms with E-state index in [1.807, 2.05) is 13.8 Å². The van der Waals surface area contributed by atoms with E-state index in [4.69, 9.17) is 4.74 Å². The Kier molecular flexibility index (Phi) is 5.72. The lowest BCUT2D eigenvalue weighted by Crippen LogP contribution is -2.20. The molecule has 2 atom stereocenters. The molecule has 0 aromatic carbocycles. The van der Waals surface area contributed by atoms with Crippen LogP contribution in [0.2, 0.25) is 0 Å². The Morgan fingerprint density at radius 3 is 2.50 bits per heavy atom. The van der Waals surface area contributed by atoms with Crippen molar-refractivity contribution in [2.75, 3.05) is 6.61 Å². The monoisotopic (exact) mass is 174 g/mol. The molecule has 0 bridgehead atoms. The van der Waals surface area contributed by atoms with Gasteiger partial charge in [-0.05, 0) is 19.3 Å². The minimum absolute atomic E-state index is 0.00551. The van der Waals surface area contributed by atoms with Crippen molar-refractivity contribution < 1.29 is 14.6 Å². The largest absolute Gasteiger partial charge is 0.466 e. The highest BCUT2D eigenvalue weighted by molar-refractivity contribution is 5.69. The van der Waals surface area contributed by atoms with Crippen molar-refractivity contribution >= 4 is 5.97 Å². The van der Waals surface area contributed by atoms with Gasteiger partial charge in [0, 0.05) is 0 Å².